The van der Waals surface area contributed by atoms with Crippen LogP contribution in [-0.4, -0.2) is 46.0 Å². The second-order valence-corrected chi connectivity index (χ2v) is 12.9. The van der Waals surface area contributed by atoms with E-state index in [1.54, 1.807) is 98.7 Å². The number of rotatable bonds is 4. The number of anilines is 1. The topological polar surface area (TPSA) is 114 Å². The van der Waals surface area contributed by atoms with Gasteiger partial charge in [-0.3, -0.25) is 4.79 Å². The van der Waals surface area contributed by atoms with Gasteiger partial charge in [-0.1, -0.05) is 60.7 Å². The summed E-state index contributed by atoms with van der Waals surface area (Å²) in [7, 11) is 0. The number of benzene rings is 2. The number of nitrogens with zero attached hydrogens (tertiary/aromatic N) is 2. The van der Waals surface area contributed by atoms with E-state index in [2.05, 4.69) is 5.43 Å². The van der Waals surface area contributed by atoms with Crippen LogP contribution in [-0.2, 0) is 24.5 Å². The van der Waals surface area contributed by atoms with Gasteiger partial charge in [-0.05, 0) is 73.9 Å². The Hall–Kier alpha value is -4.34. The van der Waals surface area contributed by atoms with Crippen molar-refractivity contribution in [2.45, 2.75) is 91.1 Å². The van der Waals surface area contributed by atoms with Crippen LogP contribution in [0, 0.1) is 0 Å². The fraction of sp³-hybridized carbons (Fsp3) is 0.438. The number of ether oxygens (including phenoxy) is 3. The van der Waals surface area contributed by atoms with Crippen molar-refractivity contribution in [3.63, 3.8) is 0 Å². The van der Waals surface area contributed by atoms with Crippen molar-refractivity contribution >= 4 is 36.0 Å². The molecule has 2 aromatic carbocycles. The van der Waals surface area contributed by atoms with Crippen LogP contribution in [0.4, 0.5) is 20.1 Å². The highest BCUT2D eigenvalue weighted by molar-refractivity contribution is 6.21. The Morgan fingerprint density at radius 1 is 0.810 bits per heavy atom. The van der Waals surface area contributed by atoms with Crippen LogP contribution in [0.1, 0.15) is 79.9 Å². The van der Waals surface area contributed by atoms with Crippen LogP contribution in [0.5, 0.6) is 0 Å². The van der Waals surface area contributed by atoms with E-state index in [1.807, 2.05) is 30.3 Å². The van der Waals surface area contributed by atoms with Crippen molar-refractivity contribution in [2.24, 2.45) is 0 Å². The van der Waals surface area contributed by atoms with Crippen molar-refractivity contribution in [2.75, 3.05) is 4.90 Å². The number of hydrazine groups is 1. The Balaban J connectivity index is 2.25. The zero-order valence-corrected chi connectivity index (χ0v) is 25.8. The van der Waals surface area contributed by atoms with Crippen molar-refractivity contribution in [1.82, 2.24) is 10.4 Å². The smallest absolute Gasteiger partial charge is 0.430 e. The molecule has 0 fully saturated rings. The minimum atomic E-state index is -1.95. The normalized spacial score (nSPS) is 17.1. The molecule has 0 radical (unpaired) electrons. The molecule has 1 atom stereocenters. The first-order valence-corrected chi connectivity index (χ1v) is 13.8. The van der Waals surface area contributed by atoms with Crippen LogP contribution in [0.25, 0.3) is 6.08 Å². The molecule has 2 aromatic rings. The third kappa shape index (κ3) is 7.69. The van der Waals surface area contributed by atoms with Crippen LogP contribution in [0.15, 0.2) is 60.7 Å². The molecule has 1 heterocycles. The molecule has 1 aliphatic heterocycles. The van der Waals surface area contributed by atoms with E-state index in [1.165, 1.54) is 0 Å². The monoisotopic (exact) mass is 579 g/mol. The lowest BCUT2D eigenvalue weighted by Crippen LogP contribution is -2.63. The molecule has 0 saturated heterocycles. The Kier molecular flexibility index (Phi) is 9.10. The van der Waals surface area contributed by atoms with Gasteiger partial charge in [0.2, 0.25) is 0 Å². The van der Waals surface area contributed by atoms with E-state index in [0.29, 0.717) is 5.56 Å². The van der Waals surface area contributed by atoms with Crippen molar-refractivity contribution in [3.05, 3.63) is 71.8 Å². The van der Waals surface area contributed by atoms with Crippen LogP contribution in [0.3, 0.4) is 0 Å². The van der Waals surface area contributed by atoms with Gasteiger partial charge in [0, 0.05) is 12.0 Å². The summed E-state index contributed by atoms with van der Waals surface area (Å²) in [5, 5.41) is 0.827. The minimum Gasteiger partial charge on any atom is -0.443 e. The molecule has 1 aliphatic rings. The first kappa shape index (κ1) is 32.2. The van der Waals surface area contributed by atoms with Crippen molar-refractivity contribution in [3.8, 4) is 0 Å². The van der Waals surface area contributed by atoms with Crippen molar-refractivity contribution < 1.29 is 33.4 Å². The summed E-state index contributed by atoms with van der Waals surface area (Å²) in [4.78, 5) is 55.9. The lowest BCUT2D eigenvalue weighted by atomic mass is 9.86. The number of nitrogens with one attached hydrogen (secondary N) is 1. The van der Waals surface area contributed by atoms with Gasteiger partial charge < -0.3 is 14.2 Å². The van der Waals surface area contributed by atoms with E-state index in [4.69, 9.17) is 14.2 Å². The molecule has 42 heavy (non-hydrogen) atoms. The highest BCUT2D eigenvalue weighted by Gasteiger charge is 2.60. The lowest BCUT2D eigenvalue weighted by molar-refractivity contribution is -0.132. The molecule has 1 N–H and O–H groups in total. The molecule has 0 aliphatic carbocycles. The molecule has 226 valence electrons. The van der Waals surface area contributed by atoms with Crippen LogP contribution in [0.2, 0.25) is 0 Å². The molecule has 0 bridgehead atoms. The summed E-state index contributed by atoms with van der Waals surface area (Å²) >= 11 is 0. The van der Waals surface area contributed by atoms with Crippen LogP contribution >= 0.6 is 0 Å². The van der Waals surface area contributed by atoms with E-state index < -0.39 is 46.5 Å². The summed E-state index contributed by atoms with van der Waals surface area (Å²) in [6.45, 7) is 15.1. The quantitative estimate of drug-likeness (QED) is 0.308. The largest absolute Gasteiger partial charge is 0.443 e. The third-order valence-corrected chi connectivity index (χ3v) is 5.81. The highest BCUT2D eigenvalue weighted by Crippen LogP contribution is 2.47. The molecule has 0 saturated carbocycles. The van der Waals surface area contributed by atoms with Gasteiger partial charge in [0.1, 0.15) is 16.8 Å². The van der Waals surface area contributed by atoms with Gasteiger partial charge in [0.05, 0.1) is 5.69 Å². The Morgan fingerprint density at radius 3 is 1.93 bits per heavy atom. The molecule has 3 rings (SSSR count). The predicted molar refractivity (Wildman–Crippen MR) is 159 cm³/mol. The Labute approximate surface area is 247 Å². The van der Waals surface area contributed by atoms with Gasteiger partial charge in [-0.25, -0.2) is 24.7 Å². The van der Waals surface area contributed by atoms with Crippen molar-refractivity contribution in [1.29, 1.82) is 0 Å². The Bertz CT molecular complexity index is 1350. The Morgan fingerprint density at radius 2 is 1.36 bits per heavy atom. The summed E-state index contributed by atoms with van der Waals surface area (Å²) in [6, 6.07) is 15.9. The third-order valence-electron chi connectivity index (χ3n) is 5.81. The number of hydrogen-bond acceptors (Lipinski definition) is 7. The van der Waals surface area contributed by atoms with Gasteiger partial charge in [0.15, 0.2) is 5.54 Å². The number of imide groups is 1. The average molecular weight is 580 g/mol. The number of carbonyl (C=O) groups is 4. The zero-order valence-electron chi connectivity index (χ0n) is 25.8. The summed E-state index contributed by atoms with van der Waals surface area (Å²) in [5.41, 5.74) is -0.938. The summed E-state index contributed by atoms with van der Waals surface area (Å²) < 4.78 is 16.7. The fourth-order valence-electron chi connectivity index (χ4n) is 4.35. The predicted octanol–water partition coefficient (Wildman–Crippen LogP) is 6.94. The molecular formula is C32H41N3O7. The van der Waals surface area contributed by atoms with Gasteiger partial charge in [-0.2, -0.15) is 5.01 Å². The maximum atomic E-state index is 14.6. The number of amides is 4. The van der Waals surface area contributed by atoms with E-state index >= 15 is 0 Å². The van der Waals surface area contributed by atoms with Crippen LogP contribution < -0.4 is 10.3 Å². The van der Waals surface area contributed by atoms with Gasteiger partial charge >= 0.3 is 18.3 Å². The lowest BCUT2D eigenvalue weighted by Gasteiger charge is -2.39. The number of carbonyl (C=O) groups excluding carboxylic acids is 4. The van der Waals surface area contributed by atoms with Gasteiger partial charge in [-0.15, -0.1) is 0 Å². The van der Waals surface area contributed by atoms with E-state index in [0.717, 1.165) is 15.5 Å². The molecule has 10 nitrogen and oxygen atoms in total. The first-order valence-electron chi connectivity index (χ1n) is 13.8. The number of fused-ring (bicyclic) bond motifs is 1. The number of para-hydroxylation sites is 1. The number of hydrogen-bond donors (Lipinski definition) is 1. The van der Waals surface area contributed by atoms with Gasteiger partial charge in [0.25, 0.3) is 5.91 Å². The average Bonchev–Trinajstić information content (AvgIpc) is 3.08. The minimum absolute atomic E-state index is 0.133. The molecule has 0 unspecified atom stereocenters. The SMILES string of the molecule is CC(C)(C)OC(=O)NN(C(=O)OC(C)(C)C)[C@]1(C/C=C/c2ccccc2)C(=O)N(C(=O)OC(C)(C)C)c2ccccc21. The molecular weight excluding hydrogens is 538 g/mol. The summed E-state index contributed by atoms with van der Waals surface area (Å²) in [6.07, 6.45) is 0.434. The van der Waals surface area contributed by atoms with E-state index in [-0.39, 0.29) is 12.1 Å². The fourth-order valence-corrected chi connectivity index (χ4v) is 4.35. The molecule has 4 amide bonds. The summed E-state index contributed by atoms with van der Waals surface area (Å²) in [5.74, 6) is -0.808. The second-order valence-electron chi connectivity index (χ2n) is 12.9. The molecule has 10 heteroatoms. The first-order chi connectivity index (χ1) is 19.3. The molecule has 0 spiro atoms. The molecule has 0 aromatic heterocycles. The standard InChI is InChI=1S/C32H41N3O7/c1-29(2,3)40-26(37)33-35(28(39)42-31(7,8)9)32(21-15-18-22-16-11-10-12-17-22)23-19-13-14-20-24(23)34(25(32)36)27(38)41-30(4,5)6/h10-20H,21H2,1-9H3,(H,33,37)/b18-15+/t32-/m0/s1. The maximum absolute atomic E-state index is 14.6. The van der Waals surface area contributed by atoms with E-state index in [9.17, 15) is 19.2 Å². The second kappa shape index (κ2) is 11.9. The maximum Gasteiger partial charge on any atom is 0.430 e. The zero-order chi connectivity index (χ0) is 31.5. The highest BCUT2D eigenvalue weighted by atomic mass is 16.6.